The minimum absolute atomic E-state index is 0.0644. The molecule has 2 heterocycles. The number of ether oxygens (including phenoxy) is 2. The Morgan fingerprint density at radius 1 is 1.04 bits per heavy atom. The number of esters is 1. The first-order valence-corrected chi connectivity index (χ1v) is 16.0. The fourth-order valence-electron chi connectivity index (χ4n) is 5.78. The third kappa shape index (κ3) is 9.69. The molecule has 2 aliphatic rings. The van der Waals surface area contributed by atoms with E-state index in [0.717, 1.165) is 5.56 Å². The van der Waals surface area contributed by atoms with Crippen LogP contribution in [0.5, 0.6) is 0 Å². The molecule has 0 radical (unpaired) electrons. The van der Waals surface area contributed by atoms with Crippen molar-refractivity contribution in [2.75, 3.05) is 6.54 Å². The summed E-state index contributed by atoms with van der Waals surface area (Å²) in [7, 11) is -0.364. The first kappa shape index (κ1) is 36.4. The molecule has 2 N–H and O–H groups in total. The lowest BCUT2D eigenvalue weighted by Gasteiger charge is -2.47. The molecule has 1 aromatic carbocycles. The molecule has 2 fully saturated rings. The largest absolute Gasteiger partial charge is 0.459 e. The van der Waals surface area contributed by atoms with E-state index in [9.17, 15) is 19.2 Å². The number of nitrogens with zero attached hydrogens (tertiary/aromatic N) is 1. The lowest BCUT2D eigenvalue weighted by molar-refractivity contribution is -0.170. The zero-order valence-corrected chi connectivity index (χ0v) is 28.5. The van der Waals surface area contributed by atoms with Crippen LogP contribution in [0, 0.1) is 0 Å². The number of likely N-dealkylation sites (tertiary alicyclic amines) is 1. The van der Waals surface area contributed by atoms with E-state index < -0.39 is 52.4 Å². The SMILES string of the molecule is CC(=O)N1CC[C@H](NC(=O)[C@H](C)NC(=O)OC(C)(C)C)C[C@]1(CCCCB1OC(C)(C)C(C)(C)O1)C(=O)OCc1ccccc1. The van der Waals surface area contributed by atoms with Gasteiger partial charge >= 0.3 is 19.2 Å². The van der Waals surface area contributed by atoms with Crippen molar-refractivity contribution in [1.29, 1.82) is 0 Å². The van der Waals surface area contributed by atoms with E-state index in [1.807, 2.05) is 58.0 Å². The standard InChI is InChI=1S/C33H52BN3O8/c1-23(35-29(41)43-30(3,4)5)27(39)36-26-17-20-37(24(2)38)33(21-26,28(40)42-22-25-15-11-10-12-16-25)18-13-14-19-34-44-31(6,7)32(8,9)45-34/h10-12,15-16,23,26H,13-14,17-22H2,1-9H3,(H,35,41)(H,36,39)/t23-,26-,33+/m0/s1. The second-order valence-electron chi connectivity index (χ2n) is 14.3. The van der Waals surface area contributed by atoms with E-state index in [4.69, 9.17) is 18.8 Å². The second-order valence-corrected chi connectivity index (χ2v) is 14.3. The topological polar surface area (TPSA) is 132 Å². The van der Waals surface area contributed by atoms with Gasteiger partial charge in [-0.15, -0.1) is 0 Å². The third-order valence-corrected chi connectivity index (χ3v) is 8.83. The first-order valence-electron chi connectivity index (χ1n) is 16.0. The number of unbranched alkanes of at least 4 members (excludes halogenated alkanes) is 1. The van der Waals surface area contributed by atoms with Crippen LogP contribution in [0.25, 0.3) is 0 Å². The first-order chi connectivity index (χ1) is 20.8. The smallest absolute Gasteiger partial charge is 0.457 e. The molecule has 11 nitrogen and oxygen atoms in total. The zero-order chi connectivity index (χ0) is 33.6. The molecule has 0 spiro atoms. The molecule has 0 saturated carbocycles. The van der Waals surface area contributed by atoms with Gasteiger partial charge in [-0.05, 0) is 80.1 Å². The maximum atomic E-state index is 14.0. The van der Waals surface area contributed by atoms with E-state index >= 15 is 0 Å². The fraction of sp³-hybridized carbons (Fsp3) is 0.697. The van der Waals surface area contributed by atoms with Crippen molar-refractivity contribution in [1.82, 2.24) is 15.5 Å². The van der Waals surface area contributed by atoms with Gasteiger partial charge in [0.05, 0.1) is 11.2 Å². The number of hydrogen-bond donors (Lipinski definition) is 2. The Bertz CT molecular complexity index is 1190. The van der Waals surface area contributed by atoms with Gasteiger partial charge in [-0.2, -0.15) is 0 Å². The molecule has 2 aliphatic heterocycles. The summed E-state index contributed by atoms with van der Waals surface area (Å²) in [6.07, 6.45) is 2.22. The van der Waals surface area contributed by atoms with Gasteiger partial charge in [-0.3, -0.25) is 9.59 Å². The highest BCUT2D eigenvalue weighted by atomic mass is 16.7. The Balaban J connectivity index is 1.75. The van der Waals surface area contributed by atoms with Gasteiger partial charge < -0.3 is 34.3 Å². The van der Waals surface area contributed by atoms with Gasteiger partial charge in [0.2, 0.25) is 11.8 Å². The summed E-state index contributed by atoms with van der Waals surface area (Å²) in [5.41, 5.74) is -2.03. The van der Waals surface area contributed by atoms with Crippen molar-refractivity contribution in [3.05, 3.63) is 35.9 Å². The van der Waals surface area contributed by atoms with Crippen molar-refractivity contribution in [2.24, 2.45) is 0 Å². The highest BCUT2D eigenvalue weighted by Gasteiger charge is 2.52. The van der Waals surface area contributed by atoms with Crippen LogP contribution in [-0.2, 0) is 39.8 Å². The maximum Gasteiger partial charge on any atom is 0.457 e. The molecule has 0 aliphatic carbocycles. The molecule has 0 aromatic heterocycles. The summed E-state index contributed by atoms with van der Waals surface area (Å²) >= 11 is 0. The minimum Gasteiger partial charge on any atom is -0.459 e. The van der Waals surface area contributed by atoms with Crippen LogP contribution in [0.1, 0.15) is 100.0 Å². The summed E-state index contributed by atoms with van der Waals surface area (Å²) in [5.74, 6) is -1.15. The number of hydrogen-bond acceptors (Lipinski definition) is 8. The van der Waals surface area contributed by atoms with Crippen molar-refractivity contribution < 1.29 is 38.0 Å². The molecule has 0 unspecified atom stereocenters. The van der Waals surface area contributed by atoms with E-state index in [1.54, 1.807) is 32.6 Å². The van der Waals surface area contributed by atoms with Crippen LogP contribution in [-0.4, -0.2) is 76.9 Å². The third-order valence-electron chi connectivity index (χ3n) is 8.83. The van der Waals surface area contributed by atoms with E-state index in [2.05, 4.69) is 10.6 Å². The molecule has 3 amide bonds. The van der Waals surface area contributed by atoms with Crippen molar-refractivity contribution in [2.45, 2.75) is 142 Å². The summed E-state index contributed by atoms with van der Waals surface area (Å²) in [5, 5.41) is 5.55. The highest BCUT2D eigenvalue weighted by Crippen LogP contribution is 2.39. The Kier molecular flexibility index (Phi) is 11.7. The van der Waals surface area contributed by atoms with Gasteiger partial charge in [0.1, 0.15) is 23.8 Å². The van der Waals surface area contributed by atoms with Gasteiger partial charge in [0.15, 0.2) is 0 Å². The van der Waals surface area contributed by atoms with Gasteiger partial charge in [-0.1, -0.05) is 43.2 Å². The number of rotatable bonds is 11. The number of carbonyl (C=O) groups excluding carboxylic acids is 4. The molecular formula is C33H52BN3O8. The van der Waals surface area contributed by atoms with Gasteiger partial charge in [-0.25, -0.2) is 9.59 Å². The van der Waals surface area contributed by atoms with Crippen LogP contribution in [0.2, 0.25) is 6.32 Å². The van der Waals surface area contributed by atoms with Crippen LogP contribution < -0.4 is 10.6 Å². The second kappa shape index (κ2) is 14.5. The lowest BCUT2D eigenvalue weighted by Crippen LogP contribution is -2.64. The van der Waals surface area contributed by atoms with Crippen LogP contribution in [0.4, 0.5) is 4.79 Å². The Morgan fingerprint density at radius 2 is 1.67 bits per heavy atom. The number of carbonyl (C=O) groups is 4. The zero-order valence-electron chi connectivity index (χ0n) is 28.5. The predicted octanol–water partition coefficient (Wildman–Crippen LogP) is 4.77. The van der Waals surface area contributed by atoms with Crippen LogP contribution in [0.15, 0.2) is 30.3 Å². The Labute approximate surface area is 268 Å². The van der Waals surface area contributed by atoms with Crippen LogP contribution in [0.3, 0.4) is 0 Å². The maximum absolute atomic E-state index is 14.0. The molecule has 1 aromatic rings. The number of nitrogens with one attached hydrogen (secondary N) is 2. The molecule has 45 heavy (non-hydrogen) atoms. The summed E-state index contributed by atoms with van der Waals surface area (Å²) in [6, 6.07) is 8.07. The van der Waals surface area contributed by atoms with E-state index in [-0.39, 0.29) is 32.6 Å². The Hall–Kier alpha value is -3.12. The lowest BCUT2D eigenvalue weighted by atomic mass is 9.77. The number of piperidine rings is 1. The molecule has 2 saturated heterocycles. The molecule has 3 atom stereocenters. The summed E-state index contributed by atoms with van der Waals surface area (Å²) in [4.78, 5) is 54.0. The highest BCUT2D eigenvalue weighted by molar-refractivity contribution is 6.45. The van der Waals surface area contributed by atoms with Crippen molar-refractivity contribution >= 4 is 31.0 Å². The van der Waals surface area contributed by atoms with Crippen molar-refractivity contribution in [3.63, 3.8) is 0 Å². The Morgan fingerprint density at radius 3 is 2.24 bits per heavy atom. The molecule has 250 valence electrons. The fourth-order valence-corrected chi connectivity index (χ4v) is 5.78. The normalized spacial score (nSPS) is 23.2. The minimum atomic E-state index is -1.28. The molecule has 3 rings (SSSR count). The number of benzene rings is 1. The van der Waals surface area contributed by atoms with Crippen LogP contribution >= 0.6 is 0 Å². The predicted molar refractivity (Wildman–Crippen MR) is 171 cm³/mol. The molecule has 12 heteroatoms. The summed E-state index contributed by atoms with van der Waals surface area (Å²) in [6.45, 7) is 16.6. The van der Waals surface area contributed by atoms with Crippen molar-refractivity contribution in [3.8, 4) is 0 Å². The van der Waals surface area contributed by atoms with E-state index in [0.29, 0.717) is 32.0 Å². The average molecular weight is 630 g/mol. The average Bonchev–Trinajstić information content (AvgIpc) is 3.14. The number of amides is 3. The van der Waals surface area contributed by atoms with E-state index in [1.165, 1.54) is 6.92 Å². The monoisotopic (exact) mass is 629 g/mol. The molecular weight excluding hydrogens is 577 g/mol. The van der Waals surface area contributed by atoms with Gasteiger partial charge in [0, 0.05) is 25.9 Å². The quantitative estimate of drug-likeness (QED) is 0.203. The summed E-state index contributed by atoms with van der Waals surface area (Å²) < 4.78 is 23.4. The number of alkyl carbamates (subject to hydrolysis) is 1. The molecule has 0 bridgehead atoms. The van der Waals surface area contributed by atoms with Gasteiger partial charge in [0.25, 0.3) is 0 Å².